The maximum Gasteiger partial charge on any atom is 0.334 e. The van der Waals surface area contributed by atoms with Gasteiger partial charge in [0.15, 0.2) is 0 Å². The lowest BCUT2D eigenvalue weighted by Gasteiger charge is -2.17. The molecule has 0 N–H and O–H groups in total. The highest BCUT2D eigenvalue weighted by molar-refractivity contribution is 6.00. The fraction of sp³-hybridized carbons (Fsp3) is 0.857. The van der Waals surface area contributed by atoms with Crippen LogP contribution in [0.5, 0.6) is 0 Å². The molecule has 0 aliphatic rings. The Kier molecular flexibility index (Phi) is 20.6. The van der Waals surface area contributed by atoms with Crippen molar-refractivity contribution in [1.82, 2.24) is 0 Å². The summed E-state index contributed by atoms with van der Waals surface area (Å²) in [5.41, 5.74) is 1.05. The quantitative estimate of drug-likeness (QED) is 0.0997. The summed E-state index contributed by atoms with van der Waals surface area (Å²) in [5.74, 6) is -0.725. The van der Waals surface area contributed by atoms with E-state index in [0.717, 1.165) is 44.9 Å². The summed E-state index contributed by atoms with van der Waals surface area (Å²) in [7, 11) is 0. The van der Waals surface area contributed by atoms with Gasteiger partial charge in [0.25, 0.3) is 0 Å². The van der Waals surface area contributed by atoms with Gasteiger partial charge in [-0.05, 0) is 31.6 Å². The van der Waals surface area contributed by atoms with E-state index in [9.17, 15) is 9.59 Å². The molecule has 0 aliphatic carbocycles. The van der Waals surface area contributed by atoms with Crippen molar-refractivity contribution in [3.8, 4) is 0 Å². The van der Waals surface area contributed by atoms with Crippen LogP contribution in [0.25, 0.3) is 0 Å². The molecule has 0 atom stereocenters. The fourth-order valence-electron chi connectivity index (χ4n) is 3.87. The Bertz CT molecular complexity index is 508. The molecule has 0 aromatic heterocycles. The van der Waals surface area contributed by atoms with Gasteiger partial charge in [-0.15, -0.1) is 0 Å². The summed E-state index contributed by atoms with van der Waals surface area (Å²) in [6.07, 6.45) is 17.4. The topological polar surface area (TPSA) is 52.6 Å². The number of esters is 2. The number of hydrogen-bond acceptors (Lipinski definition) is 4. The van der Waals surface area contributed by atoms with Gasteiger partial charge in [-0.3, -0.25) is 0 Å². The molecule has 0 saturated carbocycles. The van der Waals surface area contributed by atoms with Crippen LogP contribution in [0.2, 0.25) is 0 Å². The van der Waals surface area contributed by atoms with Crippen LogP contribution in [0.3, 0.4) is 0 Å². The zero-order valence-corrected chi connectivity index (χ0v) is 21.9. The zero-order chi connectivity index (χ0) is 24.0. The lowest BCUT2D eigenvalue weighted by molar-refractivity contribution is -0.143. The second-order valence-electron chi connectivity index (χ2n) is 9.31. The summed E-state index contributed by atoms with van der Waals surface area (Å²) in [4.78, 5) is 25.8. The van der Waals surface area contributed by atoms with Crippen LogP contribution in [0.4, 0.5) is 0 Å². The van der Waals surface area contributed by atoms with Gasteiger partial charge in [0.05, 0.1) is 18.8 Å². The lowest BCUT2D eigenvalue weighted by atomic mass is 9.93. The molecular weight excluding hydrogens is 400 g/mol. The summed E-state index contributed by atoms with van der Waals surface area (Å²) < 4.78 is 11.2. The molecule has 0 amide bonds. The van der Waals surface area contributed by atoms with Crippen LogP contribution in [0, 0.1) is 5.92 Å². The van der Waals surface area contributed by atoms with Gasteiger partial charge in [-0.25, -0.2) is 9.59 Å². The summed E-state index contributed by atoms with van der Waals surface area (Å²) in [5, 5.41) is 0. The smallest absolute Gasteiger partial charge is 0.334 e. The van der Waals surface area contributed by atoms with E-state index in [2.05, 4.69) is 20.8 Å². The molecule has 32 heavy (non-hydrogen) atoms. The SMILES string of the molecule is CCCCCCCCOC(=O)/C(CCCCC)=C(\C(=O)OCCCCCCCC)C(C)C. The fourth-order valence-corrected chi connectivity index (χ4v) is 3.87. The van der Waals surface area contributed by atoms with E-state index in [1.807, 2.05) is 13.8 Å². The number of rotatable bonds is 21. The van der Waals surface area contributed by atoms with Crippen LogP contribution >= 0.6 is 0 Å². The number of ether oxygens (including phenoxy) is 2. The molecule has 0 radical (unpaired) electrons. The number of carbonyl (C=O) groups is 2. The summed E-state index contributed by atoms with van der Waals surface area (Å²) in [6, 6.07) is 0. The van der Waals surface area contributed by atoms with Crippen LogP contribution < -0.4 is 0 Å². The Morgan fingerprint density at radius 2 is 0.969 bits per heavy atom. The van der Waals surface area contributed by atoms with Crippen molar-refractivity contribution in [2.75, 3.05) is 13.2 Å². The van der Waals surface area contributed by atoms with E-state index in [1.54, 1.807) is 0 Å². The first-order chi connectivity index (χ1) is 15.5. The molecule has 0 rings (SSSR count). The summed E-state index contributed by atoms with van der Waals surface area (Å²) >= 11 is 0. The van der Waals surface area contributed by atoms with Crippen LogP contribution in [0.15, 0.2) is 11.1 Å². The molecule has 0 aromatic carbocycles. The third-order valence-corrected chi connectivity index (χ3v) is 5.86. The third-order valence-electron chi connectivity index (χ3n) is 5.86. The van der Waals surface area contributed by atoms with Crippen molar-refractivity contribution in [3.63, 3.8) is 0 Å². The van der Waals surface area contributed by atoms with Gasteiger partial charge < -0.3 is 9.47 Å². The maximum absolute atomic E-state index is 12.9. The minimum atomic E-state index is -0.337. The molecule has 0 aromatic rings. The van der Waals surface area contributed by atoms with Crippen LogP contribution in [0.1, 0.15) is 137 Å². The molecule has 0 unspecified atom stereocenters. The van der Waals surface area contributed by atoms with Crippen molar-refractivity contribution in [2.45, 2.75) is 137 Å². The first kappa shape index (κ1) is 30.7. The lowest BCUT2D eigenvalue weighted by Crippen LogP contribution is -2.21. The molecule has 0 bridgehead atoms. The van der Waals surface area contributed by atoms with Crippen molar-refractivity contribution >= 4 is 11.9 Å². The Morgan fingerprint density at radius 1 is 0.562 bits per heavy atom. The Hall–Kier alpha value is -1.32. The maximum atomic E-state index is 12.9. The van der Waals surface area contributed by atoms with Gasteiger partial charge >= 0.3 is 11.9 Å². The van der Waals surface area contributed by atoms with Crippen molar-refractivity contribution in [2.24, 2.45) is 5.92 Å². The predicted octanol–water partition coefficient (Wildman–Crippen LogP) is 8.33. The molecule has 0 aliphatic heterocycles. The zero-order valence-electron chi connectivity index (χ0n) is 21.9. The minimum Gasteiger partial charge on any atom is -0.462 e. The molecule has 4 heteroatoms. The Morgan fingerprint density at radius 3 is 1.44 bits per heavy atom. The number of hydrogen-bond donors (Lipinski definition) is 0. The first-order valence-electron chi connectivity index (χ1n) is 13.6. The first-order valence-corrected chi connectivity index (χ1v) is 13.6. The van der Waals surface area contributed by atoms with E-state index in [1.165, 1.54) is 51.4 Å². The van der Waals surface area contributed by atoms with Gasteiger partial charge in [0.2, 0.25) is 0 Å². The van der Waals surface area contributed by atoms with E-state index >= 15 is 0 Å². The normalized spacial score (nSPS) is 12.1. The molecule has 0 heterocycles. The molecule has 4 nitrogen and oxygen atoms in total. The van der Waals surface area contributed by atoms with Gasteiger partial charge in [-0.2, -0.15) is 0 Å². The van der Waals surface area contributed by atoms with Crippen LogP contribution in [-0.2, 0) is 19.1 Å². The van der Waals surface area contributed by atoms with Crippen molar-refractivity contribution in [3.05, 3.63) is 11.1 Å². The molecule has 0 fully saturated rings. The van der Waals surface area contributed by atoms with Crippen molar-refractivity contribution < 1.29 is 19.1 Å². The highest BCUT2D eigenvalue weighted by Gasteiger charge is 2.25. The Labute approximate surface area is 198 Å². The molecule has 0 spiro atoms. The van der Waals surface area contributed by atoms with E-state index in [0.29, 0.717) is 30.8 Å². The van der Waals surface area contributed by atoms with E-state index in [-0.39, 0.29) is 17.9 Å². The van der Waals surface area contributed by atoms with Gasteiger partial charge in [0.1, 0.15) is 0 Å². The summed E-state index contributed by atoms with van der Waals surface area (Å²) in [6.45, 7) is 11.3. The number of unbranched alkanes of at least 4 members (excludes halogenated alkanes) is 12. The van der Waals surface area contributed by atoms with Crippen LogP contribution in [-0.4, -0.2) is 25.2 Å². The van der Waals surface area contributed by atoms with Gasteiger partial charge in [-0.1, -0.05) is 112 Å². The molecule has 0 saturated heterocycles. The standard InChI is InChI=1S/C28H52O4/c1-6-9-12-14-16-19-22-31-27(29)25(21-18-11-8-3)26(24(4)5)28(30)32-23-20-17-15-13-10-7-2/h24H,6-23H2,1-5H3/b26-25-. The Balaban J connectivity index is 4.88. The second kappa shape index (κ2) is 21.5. The van der Waals surface area contributed by atoms with Gasteiger partial charge in [0, 0.05) is 5.57 Å². The minimum absolute atomic E-state index is 0.0646. The van der Waals surface area contributed by atoms with E-state index < -0.39 is 0 Å². The third kappa shape index (κ3) is 15.5. The largest absolute Gasteiger partial charge is 0.462 e. The highest BCUT2D eigenvalue weighted by Crippen LogP contribution is 2.23. The average molecular weight is 453 g/mol. The monoisotopic (exact) mass is 452 g/mol. The van der Waals surface area contributed by atoms with E-state index in [4.69, 9.17) is 9.47 Å². The van der Waals surface area contributed by atoms with Crippen molar-refractivity contribution in [1.29, 1.82) is 0 Å². The molecular formula is C28H52O4. The molecule has 188 valence electrons. The predicted molar refractivity (Wildman–Crippen MR) is 135 cm³/mol. The average Bonchev–Trinajstić information content (AvgIpc) is 2.76. The number of carbonyl (C=O) groups excluding carboxylic acids is 2. The second-order valence-corrected chi connectivity index (χ2v) is 9.31. The highest BCUT2D eigenvalue weighted by atomic mass is 16.5.